The molecule has 0 saturated carbocycles. The minimum atomic E-state index is -0.902. The first-order valence-corrected chi connectivity index (χ1v) is 5.77. The van der Waals surface area contributed by atoms with E-state index in [1.807, 2.05) is 18.2 Å². The van der Waals surface area contributed by atoms with Crippen LogP contribution in [0.3, 0.4) is 0 Å². The highest BCUT2D eigenvalue weighted by molar-refractivity contribution is 5.89. The van der Waals surface area contributed by atoms with Gasteiger partial charge in [-0.15, -0.1) is 0 Å². The molecule has 1 N–H and O–H groups in total. The Kier molecular flexibility index (Phi) is 2.61. The summed E-state index contributed by atoms with van der Waals surface area (Å²) in [5, 5.41) is 8.99. The van der Waals surface area contributed by atoms with Gasteiger partial charge in [0.1, 0.15) is 0 Å². The van der Waals surface area contributed by atoms with Crippen molar-refractivity contribution in [2.45, 2.75) is 13.2 Å². The molecule has 3 rings (SSSR count). The van der Waals surface area contributed by atoms with Crippen LogP contribution in [0.1, 0.15) is 21.5 Å². The van der Waals surface area contributed by atoms with Gasteiger partial charge in [-0.1, -0.05) is 24.3 Å². The molecule has 1 heterocycles. The molecule has 1 aliphatic rings. The van der Waals surface area contributed by atoms with Crippen molar-refractivity contribution >= 4 is 5.97 Å². The van der Waals surface area contributed by atoms with Gasteiger partial charge in [0, 0.05) is 0 Å². The van der Waals surface area contributed by atoms with E-state index in [-0.39, 0.29) is 0 Å². The molecule has 3 heteroatoms. The predicted octanol–water partition coefficient (Wildman–Crippen LogP) is 3.08. The number of aromatic carboxylic acids is 1. The summed E-state index contributed by atoms with van der Waals surface area (Å²) in [6.45, 7) is 1.31. The first-order chi connectivity index (χ1) is 8.74. The van der Waals surface area contributed by atoms with Crippen molar-refractivity contribution in [2.75, 3.05) is 0 Å². The van der Waals surface area contributed by atoms with Crippen molar-refractivity contribution in [2.24, 2.45) is 0 Å². The fourth-order valence-corrected chi connectivity index (χ4v) is 2.18. The molecule has 0 aromatic heterocycles. The number of carboxylic acids is 1. The zero-order valence-corrected chi connectivity index (χ0v) is 9.72. The van der Waals surface area contributed by atoms with Crippen molar-refractivity contribution in [3.05, 3.63) is 59.2 Å². The average molecular weight is 240 g/mol. The lowest BCUT2D eigenvalue weighted by atomic mass is 9.99. The number of hydrogen-bond acceptors (Lipinski definition) is 2. The van der Waals surface area contributed by atoms with E-state index in [4.69, 9.17) is 9.84 Å². The largest absolute Gasteiger partial charge is 0.478 e. The van der Waals surface area contributed by atoms with E-state index in [2.05, 4.69) is 6.07 Å². The van der Waals surface area contributed by atoms with E-state index in [1.165, 1.54) is 11.1 Å². The Morgan fingerprint density at radius 1 is 1.00 bits per heavy atom. The molecule has 0 aliphatic carbocycles. The Bertz CT molecular complexity index is 617. The first kappa shape index (κ1) is 11.0. The minimum Gasteiger partial charge on any atom is -0.478 e. The summed E-state index contributed by atoms with van der Waals surface area (Å²) in [6.07, 6.45) is 0. The molecule has 0 amide bonds. The molecule has 3 nitrogen and oxygen atoms in total. The number of rotatable bonds is 2. The summed E-state index contributed by atoms with van der Waals surface area (Å²) in [7, 11) is 0. The fraction of sp³-hybridized carbons (Fsp3) is 0.133. The number of ether oxygens (including phenoxy) is 1. The SMILES string of the molecule is O=C(O)c1cccc(-c2ccc3c(c2)COC3)c1. The highest BCUT2D eigenvalue weighted by Gasteiger charge is 2.12. The maximum atomic E-state index is 11.0. The third kappa shape index (κ3) is 1.89. The summed E-state index contributed by atoms with van der Waals surface area (Å²) in [4.78, 5) is 11.0. The van der Waals surface area contributed by atoms with Crippen LogP contribution in [0.2, 0.25) is 0 Å². The number of carbonyl (C=O) groups is 1. The van der Waals surface area contributed by atoms with Crippen LogP contribution in [0.4, 0.5) is 0 Å². The molecule has 0 unspecified atom stereocenters. The van der Waals surface area contributed by atoms with E-state index in [9.17, 15) is 4.79 Å². The van der Waals surface area contributed by atoms with Crippen molar-refractivity contribution < 1.29 is 14.6 Å². The van der Waals surface area contributed by atoms with Gasteiger partial charge in [-0.2, -0.15) is 0 Å². The average Bonchev–Trinajstić information content (AvgIpc) is 2.86. The van der Waals surface area contributed by atoms with Crippen molar-refractivity contribution in [1.29, 1.82) is 0 Å². The van der Waals surface area contributed by atoms with Crippen LogP contribution >= 0.6 is 0 Å². The molecule has 2 aromatic rings. The minimum absolute atomic E-state index is 0.309. The van der Waals surface area contributed by atoms with E-state index >= 15 is 0 Å². The summed E-state index contributed by atoms with van der Waals surface area (Å²) in [5.41, 5.74) is 4.66. The summed E-state index contributed by atoms with van der Waals surface area (Å²) in [5.74, 6) is -0.902. The van der Waals surface area contributed by atoms with Crippen molar-refractivity contribution in [1.82, 2.24) is 0 Å². The molecule has 0 spiro atoms. The molecule has 1 aliphatic heterocycles. The highest BCUT2D eigenvalue weighted by atomic mass is 16.5. The highest BCUT2D eigenvalue weighted by Crippen LogP contribution is 2.27. The van der Waals surface area contributed by atoms with E-state index in [0.717, 1.165) is 11.1 Å². The van der Waals surface area contributed by atoms with Gasteiger partial charge in [0.2, 0.25) is 0 Å². The van der Waals surface area contributed by atoms with Gasteiger partial charge in [0.05, 0.1) is 18.8 Å². The smallest absolute Gasteiger partial charge is 0.335 e. The van der Waals surface area contributed by atoms with Crippen LogP contribution < -0.4 is 0 Å². The molecule has 2 aromatic carbocycles. The van der Waals surface area contributed by atoms with Gasteiger partial charge in [0.15, 0.2) is 0 Å². The van der Waals surface area contributed by atoms with Crippen LogP contribution in [0.25, 0.3) is 11.1 Å². The second-order valence-corrected chi connectivity index (χ2v) is 4.36. The molecular formula is C15H12O3. The third-order valence-electron chi connectivity index (χ3n) is 3.16. The summed E-state index contributed by atoms with van der Waals surface area (Å²) >= 11 is 0. The standard InChI is InChI=1S/C15H12O3/c16-15(17)12-3-1-2-10(6-12)11-4-5-13-8-18-9-14(13)7-11/h1-7H,8-9H2,(H,16,17). The maximum absolute atomic E-state index is 11.0. The maximum Gasteiger partial charge on any atom is 0.335 e. The van der Waals surface area contributed by atoms with Crippen LogP contribution in [0.15, 0.2) is 42.5 Å². The van der Waals surface area contributed by atoms with Gasteiger partial charge >= 0.3 is 5.97 Å². The monoisotopic (exact) mass is 240 g/mol. The molecule has 0 radical (unpaired) electrons. The Labute approximate surface area is 105 Å². The molecule has 0 atom stereocenters. The number of benzene rings is 2. The molecule has 90 valence electrons. The van der Waals surface area contributed by atoms with Gasteiger partial charge in [-0.05, 0) is 40.5 Å². The Balaban J connectivity index is 2.04. The molecule has 0 bridgehead atoms. The molecule has 0 fully saturated rings. The van der Waals surface area contributed by atoms with Gasteiger partial charge in [-0.25, -0.2) is 4.79 Å². The Morgan fingerprint density at radius 3 is 2.61 bits per heavy atom. The lowest BCUT2D eigenvalue weighted by Crippen LogP contribution is -1.95. The van der Waals surface area contributed by atoms with Crippen LogP contribution in [-0.2, 0) is 18.0 Å². The summed E-state index contributed by atoms with van der Waals surface area (Å²) in [6, 6.07) is 13.1. The Morgan fingerprint density at radius 2 is 1.78 bits per heavy atom. The zero-order valence-electron chi connectivity index (χ0n) is 9.72. The Hall–Kier alpha value is -2.13. The van der Waals surface area contributed by atoms with Crippen LogP contribution in [-0.4, -0.2) is 11.1 Å². The lowest BCUT2D eigenvalue weighted by Gasteiger charge is -2.05. The van der Waals surface area contributed by atoms with E-state index in [1.54, 1.807) is 18.2 Å². The predicted molar refractivity (Wildman–Crippen MR) is 67.3 cm³/mol. The van der Waals surface area contributed by atoms with Gasteiger partial charge in [-0.3, -0.25) is 0 Å². The molecule has 18 heavy (non-hydrogen) atoms. The number of fused-ring (bicyclic) bond motifs is 1. The number of hydrogen-bond donors (Lipinski definition) is 1. The molecular weight excluding hydrogens is 228 g/mol. The zero-order chi connectivity index (χ0) is 12.5. The molecule has 0 saturated heterocycles. The fourth-order valence-electron chi connectivity index (χ4n) is 2.18. The third-order valence-corrected chi connectivity index (χ3v) is 3.16. The first-order valence-electron chi connectivity index (χ1n) is 5.77. The summed E-state index contributed by atoms with van der Waals surface area (Å²) < 4.78 is 5.37. The number of carboxylic acid groups (broad SMARTS) is 1. The second kappa shape index (κ2) is 4.27. The lowest BCUT2D eigenvalue weighted by molar-refractivity contribution is 0.0697. The normalized spacial score (nSPS) is 13.3. The van der Waals surface area contributed by atoms with Crippen molar-refractivity contribution in [3.63, 3.8) is 0 Å². The second-order valence-electron chi connectivity index (χ2n) is 4.36. The van der Waals surface area contributed by atoms with Crippen molar-refractivity contribution in [3.8, 4) is 11.1 Å². The van der Waals surface area contributed by atoms with Gasteiger partial charge in [0.25, 0.3) is 0 Å². The quantitative estimate of drug-likeness (QED) is 0.877. The van der Waals surface area contributed by atoms with E-state index in [0.29, 0.717) is 18.8 Å². The topological polar surface area (TPSA) is 46.5 Å². The van der Waals surface area contributed by atoms with Crippen LogP contribution in [0.5, 0.6) is 0 Å². The van der Waals surface area contributed by atoms with Crippen LogP contribution in [0, 0.1) is 0 Å². The van der Waals surface area contributed by atoms with Gasteiger partial charge < -0.3 is 9.84 Å². The van der Waals surface area contributed by atoms with E-state index < -0.39 is 5.97 Å².